The molecule has 0 aliphatic carbocycles. The van der Waals surface area contributed by atoms with Crippen LogP contribution >= 0.6 is 23.1 Å². The van der Waals surface area contributed by atoms with Crippen molar-refractivity contribution < 1.29 is 4.79 Å². The standard InChI is InChI=1S/C13H14N4OS2/c1-2-8-14-11(18)9-19-13-17-16-12(20-13)15-10-6-4-3-5-7-10/h2-7H,1,8-9H2,(H,14,18)(H,15,16). The SMILES string of the molecule is C=CCNC(=O)CSc1nnc(Nc2ccccc2)s1. The smallest absolute Gasteiger partial charge is 0.230 e. The number of carbonyl (C=O) groups is 1. The molecule has 0 atom stereocenters. The molecule has 0 saturated carbocycles. The van der Waals surface area contributed by atoms with Crippen LogP contribution in [0.5, 0.6) is 0 Å². The van der Waals surface area contributed by atoms with E-state index in [0.717, 1.165) is 10.0 Å². The number of hydrogen-bond acceptors (Lipinski definition) is 6. The summed E-state index contributed by atoms with van der Waals surface area (Å²) in [4.78, 5) is 11.4. The van der Waals surface area contributed by atoms with Crippen LogP contribution in [0.2, 0.25) is 0 Å². The molecule has 0 fully saturated rings. The first kappa shape index (κ1) is 14.5. The van der Waals surface area contributed by atoms with Gasteiger partial charge in [0.2, 0.25) is 11.0 Å². The third kappa shape index (κ3) is 4.67. The molecule has 1 heterocycles. The van der Waals surface area contributed by atoms with E-state index in [1.807, 2.05) is 30.3 Å². The fraction of sp³-hybridized carbons (Fsp3) is 0.154. The van der Waals surface area contributed by atoms with Gasteiger partial charge < -0.3 is 10.6 Å². The first-order valence-corrected chi connectivity index (χ1v) is 7.74. The van der Waals surface area contributed by atoms with E-state index in [4.69, 9.17) is 0 Å². The van der Waals surface area contributed by atoms with E-state index in [2.05, 4.69) is 27.4 Å². The Kier molecular flexibility index (Phi) is 5.57. The molecule has 7 heteroatoms. The number of aromatic nitrogens is 2. The predicted octanol–water partition coefficient (Wildman–Crippen LogP) is 2.68. The quantitative estimate of drug-likeness (QED) is 0.608. The zero-order valence-corrected chi connectivity index (χ0v) is 12.3. The average molecular weight is 306 g/mol. The summed E-state index contributed by atoms with van der Waals surface area (Å²) in [6.07, 6.45) is 1.65. The van der Waals surface area contributed by atoms with Crippen molar-refractivity contribution in [1.82, 2.24) is 15.5 Å². The van der Waals surface area contributed by atoms with E-state index >= 15 is 0 Å². The number of anilines is 2. The summed E-state index contributed by atoms with van der Waals surface area (Å²) < 4.78 is 0.761. The van der Waals surface area contributed by atoms with Crippen LogP contribution in [-0.2, 0) is 4.79 Å². The molecule has 0 spiro atoms. The van der Waals surface area contributed by atoms with E-state index in [0.29, 0.717) is 17.4 Å². The summed E-state index contributed by atoms with van der Waals surface area (Å²) in [5, 5.41) is 14.7. The highest BCUT2D eigenvalue weighted by Crippen LogP contribution is 2.27. The number of amides is 1. The van der Waals surface area contributed by atoms with Gasteiger partial charge in [0.25, 0.3) is 0 Å². The molecule has 1 aromatic carbocycles. The van der Waals surface area contributed by atoms with Gasteiger partial charge in [-0.2, -0.15) is 0 Å². The van der Waals surface area contributed by atoms with Crippen molar-refractivity contribution in [3.8, 4) is 0 Å². The maximum atomic E-state index is 11.4. The van der Waals surface area contributed by atoms with Gasteiger partial charge in [-0.25, -0.2) is 0 Å². The van der Waals surface area contributed by atoms with Gasteiger partial charge in [0, 0.05) is 12.2 Å². The Morgan fingerprint density at radius 1 is 1.35 bits per heavy atom. The Balaban J connectivity index is 1.83. The summed E-state index contributed by atoms with van der Waals surface area (Å²) in [6.45, 7) is 4.03. The average Bonchev–Trinajstić information content (AvgIpc) is 2.91. The van der Waals surface area contributed by atoms with E-state index in [1.54, 1.807) is 6.08 Å². The molecule has 0 aliphatic heterocycles. The summed E-state index contributed by atoms with van der Waals surface area (Å²) in [5.41, 5.74) is 0.962. The zero-order valence-electron chi connectivity index (χ0n) is 10.7. The molecule has 2 aromatic rings. The highest BCUT2D eigenvalue weighted by molar-refractivity contribution is 8.01. The molecule has 0 bridgehead atoms. The molecule has 0 unspecified atom stereocenters. The van der Waals surface area contributed by atoms with Gasteiger partial charge in [0.1, 0.15) is 0 Å². The minimum Gasteiger partial charge on any atom is -0.352 e. The van der Waals surface area contributed by atoms with E-state index in [9.17, 15) is 4.79 Å². The minimum absolute atomic E-state index is 0.0392. The molecule has 2 N–H and O–H groups in total. The van der Waals surface area contributed by atoms with Crippen molar-refractivity contribution in [3.05, 3.63) is 43.0 Å². The number of hydrogen-bond donors (Lipinski definition) is 2. The molecule has 5 nitrogen and oxygen atoms in total. The number of rotatable bonds is 7. The first-order valence-electron chi connectivity index (χ1n) is 5.94. The van der Waals surface area contributed by atoms with Gasteiger partial charge in [-0.15, -0.1) is 16.8 Å². The minimum atomic E-state index is -0.0392. The molecule has 0 saturated heterocycles. The first-order chi connectivity index (χ1) is 9.78. The van der Waals surface area contributed by atoms with Crippen molar-refractivity contribution in [2.24, 2.45) is 0 Å². The number of nitrogens with zero attached hydrogens (tertiary/aromatic N) is 2. The van der Waals surface area contributed by atoms with Crippen molar-refractivity contribution in [1.29, 1.82) is 0 Å². The van der Waals surface area contributed by atoms with Crippen LogP contribution in [-0.4, -0.2) is 28.4 Å². The van der Waals surface area contributed by atoms with Gasteiger partial charge in [-0.3, -0.25) is 4.79 Å². The largest absolute Gasteiger partial charge is 0.352 e. The topological polar surface area (TPSA) is 66.9 Å². The molecule has 1 aromatic heterocycles. The number of benzene rings is 1. The Hall–Kier alpha value is -1.86. The second kappa shape index (κ2) is 7.66. The number of nitrogens with one attached hydrogen (secondary N) is 2. The van der Waals surface area contributed by atoms with E-state index < -0.39 is 0 Å². The molecule has 20 heavy (non-hydrogen) atoms. The monoisotopic (exact) mass is 306 g/mol. The molecule has 104 valence electrons. The Labute approximate surface area is 125 Å². The Morgan fingerprint density at radius 2 is 2.15 bits per heavy atom. The fourth-order valence-corrected chi connectivity index (χ4v) is 2.93. The van der Waals surface area contributed by atoms with Gasteiger partial charge in [-0.05, 0) is 12.1 Å². The van der Waals surface area contributed by atoms with E-state index in [-0.39, 0.29) is 5.91 Å². The zero-order chi connectivity index (χ0) is 14.2. The van der Waals surface area contributed by atoms with Crippen LogP contribution in [0.3, 0.4) is 0 Å². The van der Waals surface area contributed by atoms with Gasteiger partial charge in [-0.1, -0.05) is 47.4 Å². The maximum absolute atomic E-state index is 11.4. The lowest BCUT2D eigenvalue weighted by Gasteiger charge is -2.00. The molecule has 0 aliphatic rings. The summed E-state index contributed by atoms with van der Waals surface area (Å²) in [5.74, 6) is 0.288. The van der Waals surface area contributed by atoms with Crippen LogP contribution in [0.25, 0.3) is 0 Å². The fourth-order valence-electron chi connectivity index (χ4n) is 1.33. The maximum Gasteiger partial charge on any atom is 0.230 e. The second-order valence-corrected chi connectivity index (χ2v) is 5.95. The Bertz CT molecular complexity index is 571. The molecule has 0 radical (unpaired) electrons. The van der Waals surface area contributed by atoms with Crippen molar-refractivity contribution >= 4 is 39.8 Å². The van der Waals surface area contributed by atoms with E-state index in [1.165, 1.54) is 23.1 Å². The summed E-state index contributed by atoms with van der Waals surface area (Å²) in [7, 11) is 0. The van der Waals surface area contributed by atoms with Crippen LogP contribution in [0.15, 0.2) is 47.3 Å². The third-order valence-electron chi connectivity index (χ3n) is 2.20. The molecule has 1 amide bonds. The molecular weight excluding hydrogens is 292 g/mol. The summed E-state index contributed by atoms with van der Waals surface area (Å²) in [6, 6.07) is 9.76. The highest BCUT2D eigenvalue weighted by Gasteiger charge is 2.07. The van der Waals surface area contributed by atoms with Crippen LogP contribution in [0.1, 0.15) is 0 Å². The lowest BCUT2D eigenvalue weighted by molar-refractivity contribution is -0.118. The van der Waals surface area contributed by atoms with Crippen LogP contribution in [0, 0.1) is 0 Å². The lowest BCUT2D eigenvalue weighted by Crippen LogP contribution is -2.24. The van der Waals surface area contributed by atoms with Crippen molar-refractivity contribution in [3.63, 3.8) is 0 Å². The normalized spacial score (nSPS) is 10.0. The Morgan fingerprint density at radius 3 is 2.90 bits per heavy atom. The number of para-hydroxylation sites is 1. The number of carbonyl (C=O) groups excluding carboxylic acids is 1. The third-order valence-corrected chi connectivity index (χ3v) is 4.17. The number of thioether (sulfide) groups is 1. The molecular formula is C13H14N4OS2. The predicted molar refractivity (Wildman–Crippen MR) is 83.6 cm³/mol. The summed E-state index contributed by atoms with van der Waals surface area (Å²) >= 11 is 2.79. The van der Waals surface area contributed by atoms with Crippen molar-refractivity contribution in [2.75, 3.05) is 17.6 Å². The van der Waals surface area contributed by atoms with Gasteiger partial charge in [0.05, 0.1) is 5.75 Å². The van der Waals surface area contributed by atoms with Crippen molar-refractivity contribution in [2.45, 2.75) is 4.34 Å². The van der Waals surface area contributed by atoms with Gasteiger partial charge >= 0.3 is 0 Å². The lowest BCUT2D eigenvalue weighted by atomic mass is 10.3. The van der Waals surface area contributed by atoms with Gasteiger partial charge in [0.15, 0.2) is 4.34 Å². The van der Waals surface area contributed by atoms with Crippen LogP contribution < -0.4 is 10.6 Å². The van der Waals surface area contributed by atoms with Crippen LogP contribution in [0.4, 0.5) is 10.8 Å². The second-order valence-electron chi connectivity index (χ2n) is 3.75. The highest BCUT2D eigenvalue weighted by atomic mass is 32.2. The molecule has 2 rings (SSSR count).